The molecule has 0 aliphatic rings. The van der Waals surface area contributed by atoms with Crippen LogP contribution in [-0.2, 0) is 0 Å². The number of hydrogen-bond donors (Lipinski definition) is 2. The van der Waals surface area contributed by atoms with Crippen LogP contribution < -0.4 is 5.90 Å². The number of halogens is 1. The van der Waals surface area contributed by atoms with Gasteiger partial charge in [-0.2, -0.15) is 5.26 Å². The van der Waals surface area contributed by atoms with Crippen LogP contribution in [0, 0.1) is 11.3 Å². The van der Waals surface area contributed by atoms with Gasteiger partial charge in [0.05, 0.1) is 6.07 Å². The zero-order valence-electron chi connectivity index (χ0n) is 3.38. The van der Waals surface area contributed by atoms with Gasteiger partial charge in [-0.25, -0.2) is 5.90 Å². The average Bonchev–Trinajstić information content (AvgIpc) is 1.46. The highest BCUT2D eigenvalue weighted by Crippen LogP contribution is 1.21. The summed E-state index contributed by atoms with van der Waals surface area (Å²) in [6.45, 7) is 1.43. The first-order chi connectivity index (χ1) is 2.41. The van der Waals surface area contributed by atoms with Crippen LogP contribution in [0.5, 0.6) is 0 Å². The molecule has 0 spiro atoms. The second kappa shape index (κ2) is 131. The van der Waals surface area contributed by atoms with Gasteiger partial charge >= 0.3 is 0 Å². The summed E-state index contributed by atoms with van der Waals surface area (Å²) >= 11 is 0. The van der Waals surface area contributed by atoms with Crippen molar-refractivity contribution in [2.75, 3.05) is 0 Å². The Kier molecular flexibility index (Phi) is 378. The fourth-order valence-electron chi connectivity index (χ4n) is 0. The molecule has 0 amide bonds. The average molecular weight is 111 g/mol. The van der Waals surface area contributed by atoms with E-state index in [0.717, 1.165) is 0 Å². The Morgan fingerprint density at radius 1 is 1.67 bits per heavy atom. The molecule has 0 unspecified atom stereocenters. The highest BCUT2D eigenvalue weighted by atomic mass is 35.5. The van der Waals surface area contributed by atoms with E-state index in [-0.39, 0.29) is 12.4 Å². The molecule has 0 bridgehead atoms. The summed E-state index contributed by atoms with van der Waals surface area (Å²) in [6, 6.07) is 1.75. The van der Waals surface area contributed by atoms with E-state index in [0.29, 0.717) is 0 Å². The van der Waals surface area contributed by atoms with E-state index in [9.17, 15) is 0 Å². The second-order valence-electron chi connectivity index (χ2n) is 0.224. The Labute approximate surface area is 42.7 Å². The lowest BCUT2D eigenvalue weighted by Crippen LogP contribution is -1.72. The lowest BCUT2D eigenvalue weighted by molar-refractivity contribution is 0.311. The first-order valence-corrected chi connectivity index (χ1v) is 0.982. The normalized spacial score (nSPS) is 2.33. The minimum absolute atomic E-state index is 0. The fraction of sp³-hybridized carbons (Fsp3) is 0.500. The number of rotatable bonds is 0. The molecular weight excluding hydrogens is 103 g/mol. The highest BCUT2D eigenvalue weighted by molar-refractivity contribution is 5.85. The number of nitrogens with two attached hydrogens (primary N) is 1. The van der Waals surface area contributed by atoms with Gasteiger partial charge in [0.25, 0.3) is 0 Å². The molecule has 0 rings (SSSR count). The first-order valence-electron chi connectivity index (χ1n) is 0.982. The summed E-state index contributed by atoms with van der Waals surface area (Å²) in [4.78, 5) is 0. The standard InChI is InChI=1S/C2H3N.ClH.H3NO/c1-2-3;;1-2/h1H3;1H;2H,1H2. The molecule has 0 fully saturated rings. The summed E-state index contributed by atoms with van der Waals surface area (Å²) in [5.41, 5.74) is 0. The van der Waals surface area contributed by atoms with Crippen molar-refractivity contribution in [3.05, 3.63) is 0 Å². The molecule has 3 nitrogen and oxygen atoms in total. The van der Waals surface area contributed by atoms with Crippen molar-refractivity contribution < 1.29 is 5.21 Å². The Morgan fingerprint density at radius 3 is 1.67 bits per heavy atom. The van der Waals surface area contributed by atoms with Crippen LogP contribution in [0.15, 0.2) is 0 Å². The van der Waals surface area contributed by atoms with Crippen molar-refractivity contribution in [2.24, 2.45) is 5.90 Å². The largest absolute Gasteiger partial charge is 0.320 e. The van der Waals surface area contributed by atoms with Gasteiger partial charge in [-0.05, 0) is 0 Å². The Bertz CT molecular complexity index is 33.0. The zero-order chi connectivity index (χ0) is 4.71. The van der Waals surface area contributed by atoms with Gasteiger partial charge < -0.3 is 5.21 Å². The van der Waals surface area contributed by atoms with Gasteiger partial charge in [0, 0.05) is 6.92 Å². The maximum Gasteiger partial charge on any atom is 0.0587 e. The summed E-state index contributed by atoms with van der Waals surface area (Å²) in [6.07, 6.45) is 0. The van der Waals surface area contributed by atoms with Crippen LogP contribution in [0.25, 0.3) is 0 Å². The molecule has 0 saturated heterocycles. The minimum Gasteiger partial charge on any atom is -0.320 e. The van der Waals surface area contributed by atoms with E-state index < -0.39 is 0 Å². The van der Waals surface area contributed by atoms with Crippen LogP contribution >= 0.6 is 12.4 Å². The van der Waals surface area contributed by atoms with E-state index in [1.54, 1.807) is 6.07 Å². The fourth-order valence-corrected chi connectivity index (χ4v) is 0. The molecule has 0 aromatic heterocycles. The molecule has 6 heavy (non-hydrogen) atoms. The van der Waals surface area contributed by atoms with Gasteiger partial charge in [-0.1, -0.05) is 0 Å². The van der Waals surface area contributed by atoms with Crippen molar-refractivity contribution in [3.63, 3.8) is 0 Å². The van der Waals surface area contributed by atoms with E-state index >= 15 is 0 Å². The quantitative estimate of drug-likeness (QED) is 0.440. The molecule has 0 aliphatic heterocycles. The second-order valence-corrected chi connectivity index (χ2v) is 0.224. The minimum atomic E-state index is 0. The third kappa shape index (κ3) is 300. The summed E-state index contributed by atoms with van der Waals surface area (Å²) in [7, 11) is 0. The van der Waals surface area contributed by atoms with Crippen LogP contribution in [0.4, 0.5) is 0 Å². The van der Waals surface area contributed by atoms with Crippen molar-refractivity contribution in [1.82, 2.24) is 0 Å². The van der Waals surface area contributed by atoms with E-state index in [2.05, 4.69) is 5.90 Å². The predicted octanol–water partition coefficient (Wildman–Crippen LogP) is 0.286. The topological polar surface area (TPSA) is 70.0 Å². The molecule has 0 aromatic carbocycles. The zero-order valence-corrected chi connectivity index (χ0v) is 4.20. The first kappa shape index (κ1) is 17.3. The van der Waals surface area contributed by atoms with Gasteiger partial charge in [0.15, 0.2) is 0 Å². The molecular formula is C2H7ClN2O. The lowest BCUT2D eigenvalue weighted by Gasteiger charge is -1.27. The highest BCUT2D eigenvalue weighted by Gasteiger charge is 1.17. The van der Waals surface area contributed by atoms with Gasteiger partial charge in [-0.15, -0.1) is 12.4 Å². The number of nitrogens with zero attached hydrogens (tertiary/aromatic N) is 1. The molecule has 4 heteroatoms. The monoisotopic (exact) mass is 110 g/mol. The van der Waals surface area contributed by atoms with Crippen LogP contribution in [0.1, 0.15) is 6.92 Å². The molecule has 0 radical (unpaired) electrons. The summed E-state index contributed by atoms with van der Waals surface area (Å²) in [5.74, 6) is 3.50. The van der Waals surface area contributed by atoms with Gasteiger partial charge in [0.2, 0.25) is 0 Å². The third-order valence-electron chi connectivity index (χ3n) is 0. The number of nitriles is 1. The van der Waals surface area contributed by atoms with Crippen LogP contribution in [0.3, 0.4) is 0 Å². The maximum atomic E-state index is 7.32. The molecule has 38 valence electrons. The van der Waals surface area contributed by atoms with E-state index in [1.807, 2.05) is 0 Å². The molecule has 0 heterocycles. The van der Waals surface area contributed by atoms with Crippen LogP contribution in [0.2, 0.25) is 0 Å². The SMILES string of the molecule is CC#N.Cl.NO. The third-order valence-corrected chi connectivity index (χ3v) is 0. The van der Waals surface area contributed by atoms with Crippen molar-refractivity contribution >= 4 is 12.4 Å². The van der Waals surface area contributed by atoms with Crippen LogP contribution in [-0.4, -0.2) is 5.21 Å². The Hall–Kier alpha value is -0.300. The molecule has 0 aromatic rings. The molecule has 0 saturated carbocycles. The summed E-state index contributed by atoms with van der Waals surface area (Å²) < 4.78 is 0. The maximum absolute atomic E-state index is 7.32. The smallest absolute Gasteiger partial charge is 0.0587 e. The van der Waals surface area contributed by atoms with E-state index in [1.165, 1.54) is 6.92 Å². The van der Waals surface area contributed by atoms with Crippen molar-refractivity contribution in [2.45, 2.75) is 6.92 Å². The van der Waals surface area contributed by atoms with E-state index in [4.69, 9.17) is 10.5 Å². The van der Waals surface area contributed by atoms with Crippen molar-refractivity contribution in [3.8, 4) is 6.07 Å². The predicted molar refractivity (Wildman–Crippen MR) is 24.5 cm³/mol. The summed E-state index contributed by atoms with van der Waals surface area (Å²) in [5, 5.41) is 13.8. The van der Waals surface area contributed by atoms with Gasteiger partial charge in [-0.3, -0.25) is 0 Å². The molecule has 0 aliphatic carbocycles. The molecule has 3 N–H and O–H groups in total. The number of hydrogen-bond acceptors (Lipinski definition) is 3. The lowest BCUT2D eigenvalue weighted by atomic mass is 11.0. The Morgan fingerprint density at radius 2 is 1.67 bits per heavy atom. The van der Waals surface area contributed by atoms with Crippen molar-refractivity contribution in [1.29, 1.82) is 5.26 Å². The molecule has 0 atom stereocenters. The van der Waals surface area contributed by atoms with Gasteiger partial charge in [0.1, 0.15) is 0 Å². The Balaban J connectivity index is -0.0000000275.